The number of fused-ring (bicyclic) bond motifs is 1. The van der Waals surface area contributed by atoms with E-state index in [0.717, 1.165) is 5.56 Å². The predicted octanol–water partition coefficient (Wildman–Crippen LogP) is 3.36. The van der Waals surface area contributed by atoms with Crippen LogP contribution >= 0.6 is 11.6 Å². The van der Waals surface area contributed by atoms with E-state index in [-0.39, 0.29) is 11.7 Å². The van der Waals surface area contributed by atoms with Crippen LogP contribution in [0.4, 0.5) is 5.69 Å². The van der Waals surface area contributed by atoms with Gasteiger partial charge in [-0.1, -0.05) is 23.7 Å². The molecule has 1 amide bonds. The van der Waals surface area contributed by atoms with Crippen LogP contribution in [-0.2, 0) is 11.3 Å². The van der Waals surface area contributed by atoms with Gasteiger partial charge in [-0.05, 0) is 36.8 Å². The number of nitrogens with zero attached hydrogens (tertiary/aromatic N) is 1. The predicted molar refractivity (Wildman–Crippen MR) is 80.8 cm³/mol. The fraction of sp³-hybridized carbons (Fsp3) is 0.188. The van der Waals surface area contributed by atoms with Crippen LogP contribution in [0.1, 0.15) is 12.5 Å². The molecule has 2 aromatic carbocycles. The highest BCUT2D eigenvalue weighted by Crippen LogP contribution is 2.37. The second-order valence-corrected chi connectivity index (χ2v) is 5.40. The molecule has 1 aliphatic rings. The van der Waals surface area contributed by atoms with Gasteiger partial charge in [0.1, 0.15) is 11.5 Å². The molecule has 5 heteroatoms. The maximum atomic E-state index is 12.4. The monoisotopic (exact) mass is 303 g/mol. The number of anilines is 1. The fourth-order valence-electron chi connectivity index (χ4n) is 2.38. The number of phenolic OH excluding ortho intramolecular Hbond substituents is 1. The minimum atomic E-state index is -0.554. The number of amides is 1. The number of halogens is 1. The molecule has 21 heavy (non-hydrogen) atoms. The Morgan fingerprint density at radius 1 is 1.29 bits per heavy atom. The first-order valence-electron chi connectivity index (χ1n) is 6.60. The summed E-state index contributed by atoms with van der Waals surface area (Å²) in [5.74, 6) is 0.533. The van der Waals surface area contributed by atoms with Gasteiger partial charge in [0.15, 0.2) is 6.10 Å². The molecule has 1 heterocycles. The Balaban J connectivity index is 2.00. The number of rotatable bonds is 2. The van der Waals surface area contributed by atoms with Crippen molar-refractivity contribution in [3.05, 3.63) is 53.1 Å². The molecule has 1 unspecified atom stereocenters. The van der Waals surface area contributed by atoms with Crippen LogP contribution in [0.15, 0.2) is 42.5 Å². The third kappa shape index (κ3) is 2.67. The molecular formula is C16H14ClNO3. The van der Waals surface area contributed by atoms with E-state index < -0.39 is 6.10 Å². The Morgan fingerprint density at radius 2 is 2.10 bits per heavy atom. The average molecular weight is 304 g/mol. The zero-order valence-corrected chi connectivity index (χ0v) is 12.2. The Morgan fingerprint density at radius 3 is 2.86 bits per heavy atom. The van der Waals surface area contributed by atoms with Crippen LogP contribution < -0.4 is 9.64 Å². The number of carbonyl (C=O) groups excluding carboxylic acids is 1. The smallest absolute Gasteiger partial charge is 0.268 e. The topological polar surface area (TPSA) is 49.8 Å². The zero-order chi connectivity index (χ0) is 15.0. The van der Waals surface area contributed by atoms with E-state index in [9.17, 15) is 9.90 Å². The Hall–Kier alpha value is -2.20. The molecule has 0 bridgehead atoms. The quantitative estimate of drug-likeness (QED) is 0.925. The molecule has 0 spiro atoms. The van der Waals surface area contributed by atoms with E-state index in [1.807, 2.05) is 18.2 Å². The van der Waals surface area contributed by atoms with Crippen LogP contribution in [0.25, 0.3) is 0 Å². The highest BCUT2D eigenvalue weighted by Gasteiger charge is 2.31. The van der Waals surface area contributed by atoms with Gasteiger partial charge in [-0.25, -0.2) is 0 Å². The van der Waals surface area contributed by atoms with E-state index in [1.165, 1.54) is 6.07 Å². The van der Waals surface area contributed by atoms with Gasteiger partial charge in [0.25, 0.3) is 5.91 Å². The van der Waals surface area contributed by atoms with Crippen molar-refractivity contribution in [2.45, 2.75) is 19.6 Å². The van der Waals surface area contributed by atoms with Crippen molar-refractivity contribution in [2.24, 2.45) is 0 Å². The molecule has 108 valence electrons. The van der Waals surface area contributed by atoms with Crippen LogP contribution in [-0.4, -0.2) is 17.1 Å². The van der Waals surface area contributed by atoms with Crippen molar-refractivity contribution in [1.29, 1.82) is 0 Å². The van der Waals surface area contributed by atoms with Crippen molar-refractivity contribution < 1.29 is 14.6 Å². The summed E-state index contributed by atoms with van der Waals surface area (Å²) in [5.41, 5.74) is 1.48. The number of hydrogen-bond donors (Lipinski definition) is 1. The van der Waals surface area contributed by atoms with Gasteiger partial charge in [-0.2, -0.15) is 0 Å². The molecule has 0 saturated heterocycles. The van der Waals surface area contributed by atoms with Crippen LogP contribution in [0, 0.1) is 0 Å². The lowest BCUT2D eigenvalue weighted by Crippen LogP contribution is -2.43. The summed E-state index contributed by atoms with van der Waals surface area (Å²) in [6.07, 6.45) is -0.554. The van der Waals surface area contributed by atoms with Crippen molar-refractivity contribution in [3.8, 4) is 11.5 Å². The summed E-state index contributed by atoms with van der Waals surface area (Å²) in [4.78, 5) is 14.0. The van der Waals surface area contributed by atoms with Gasteiger partial charge in [-0.3, -0.25) is 4.79 Å². The van der Waals surface area contributed by atoms with Gasteiger partial charge in [0.05, 0.1) is 12.2 Å². The molecule has 0 aliphatic carbocycles. The standard InChI is InChI=1S/C16H14ClNO3/c1-10-16(20)18(9-11-3-2-4-12(17)7-11)14-8-13(19)5-6-15(14)21-10/h2-8,10,19H,9H2,1H3. The largest absolute Gasteiger partial charge is 0.508 e. The van der Waals surface area contributed by atoms with E-state index in [0.29, 0.717) is 23.0 Å². The summed E-state index contributed by atoms with van der Waals surface area (Å²) in [6.45, 7) is 2.09. The Kier molecular flexibility index (Phi) is 3.47. The second kappa shape index (κ2) is 5.30. The number of carbonyl (C=O) groups is 1. The first-order chi connectivity index (χ1) is 10.0. The molecule has 0 radical (unpaired) electrons. The van der Waals surface area contributed by atoms with Crippen molar-refractivity contribution in [2.75, 3.05) is 4.90 Å². The summed E-state index contributed by atoms with van der Waals surface area (Å²) in [5, 5.41) is 10.3. The van der Waals surface area contributed by atoms with E-state index in [4.69, 9.17) is 16.3 Å². The van der Waals surface area contributed by atoms with E-state index in [1.54, 1.807) is 30.0 Å². The van der Waals surface area contributed by atoms with Crippen LogP contribution in [0.2, 0.25) is 5.02 Å². The van der Waals surface area contributed by atoms with E-state index >= 15 is 0 Å². The molecular weight excluding hydrogens is 290 g/mol. The maximum Gasteiger partial charge on any atom is 0.268 e. The molecule has 1 N–H and O–H groups in total. The molecule has 0 fully saturated rings. The van der Waals surface area contributed by atoms with Crippen molar-refractivity contribution >= 4 is 23.2 Å². The lowest BCUT2D eigenvalue weighted by molar-refractivity contribution is -0.125. The maximum absolute atomic E-state index is 12.4. The van der Waals surface area contributed by atoms with Gasteiger partial charge in [-0.15, -0.1) is 0 Å². The second-order valence-electron chi connectivity index (χ2n) is 4.97. The summed E-state index contributed by atoms with van der Waals surface area (Å²) in [7, 11) is 0. The minimum Gasteiger partial charge on any atom is -0.508 e. The molecule has 0 saturated carbocycles. The molecule has 0 aromatic heterocycles. The number of hydrogen-bond acceptors (Lipinski definition) is 3. The lowest BCUT2D eigenvalue weighted by atomic mass is 10.1. The molecule has 1 aliphatic heterocycles. The summed E-state index contributed by atoms with van der Waals surface area (Å²) >= 11 is 5.98. The highest BCUT2D eigenvalue weighted by atomic mass is 35.5. The Bertz CT molecular complexity index is 702. The van der Waals surface area contributed by atoms with Gasteiger partial charge < -0.3 is 14.7 Å². The number of benzene rings is 2. The molecule has 4 nitrogen and oxygen atoms in total. The van der Waals surface area contributed by atoms with Crippen LogP contribution in [0.5, 0.6) is 11.5 Å². The average Bonchev–Trinajstić information content (AvgIpc) is 2.45. The number of phenols is 1. The highest BCUT2D eigenvalue weighted by molar-refractivity contribution is 6.30. The lowest BCUT2D eigenvalue weighted by Gasteiger charge is -2.33. The Labute approximate surface area is 127 Å². The van der Waals surface area contributed by atoms with Gasteiger partial charge >= 0.3 is 0 Å². The van der Waals surface area contributed by atoms with Gasteiger partial charge in [0, 0.05) is 11.1 Å². The third-order valence-corrected chi connectivity index (χ3v) is 3.62. The van der Waals surface area contributed by atoms with Crippen molar-refractivity contribution in [1.82, 2.24) is 0 Å². The normalized spacial score (nSPS) is 17.3. The molecule has 2 aromatic rings. The van der Waals surface area contributed by atoms with Crippen molar-refractivity contribution in [3.63, 3.8) is 0 Å². The van der Waals surface area contributed by atoms with Gasteiger partial charge in [0.2, 0.25) is 0 Å². The fourth-order valence-corrected chi connectivity index (χ4v) is 2.59. The number of aromatic hydroxyl groups is 1. The third-order valence-electron chi connectivity index (χ3n) is 3.38. The SMILES string of the molecule is CC1Oc2ccc(O)cc2N(Cc2cccc(Cl)c2)C1=O. The van der Waals surface area contributed by atoms with Crippen LogP contribution in [0.3, 0.4) is 0 Å². The first kappa shape index (κ1) is 13.8. The van der Waals surface area contributed by atoms with E-state index in [2.05, 4.69) is 0 Å². The summed E-state index contributed by atoms with van der Waals surface area (Å²) in [6, 6.07) is 12.1. The molecule has 1 atom stereocenters. The number of ether oxygens (including phenoxy) is 1. The zero-order valence-electron chi connectivity index (χ0n) is 11.4. The summed E-state index contributed by atoms with van der Waals surface area (Å²) < 4.78 is 5.56. The molecule has 3 rings (SSSR count). The minimum absolute atomic E-state index is 0.0933. The first-order valence-corrected chi connectivity index (χ1v) is 6.98.